The number of hydrogen-bond acceptors (Lipinski definition) is 2. The van der Waals surface area contributed by atoms with Crippen molar-refractivity contribution in [1.29, 1.82) is 0 Å². The third kappa shape index (κ3) is 2.52. The molecule has 4 atom stereocenters. The third-order valence-corrected chi connectivity index (χ3v) is 6.99. The second kappa shape index (κ2) is 5.40. The molecule has 0 aromatic rings. The number of rotatable bonds is 5. The molecule has 17 heavy (non-hydrogen) atoms. The lowest BCUT2D eigenvalue weighted by atomic mass is 9.70. The minimum absolute atomic E-state index is 0.0364. The van der Waals surface area contributed by atoms with Crippen LogP contribution in [0.15, 0.2) is 0 Å². The highest BCUT2D eigenvalue weighted by Crippen LogP contribution is 2.60. The van der Waals surface area contributed by atoms with Crippen LogP contribution in [0.1, 0.15) is 52.9 Å². The quantitative estimate of drug-likeness (QED) is 0.529. The molecular weight excluding hydrogens is 442 g/mol. The molecule has 0 spiro atoms. The fourth-order valence-corrected chi connectivity index (χ4v) is 5.33. The van der Waals surface area contributed by atoms with Crippen LogP contribution in [0, 0.1) is 17.8 Å². The summed E-state index contributed by atoms with van der Waals surface area (Å²) in [4.78, 5) is 0. The summed E-state index contributed by atoms with van der Waals surface area (Å²) in [6.07, 6.45) is 6.39. The lowest BCUT2D eigenvalue weighted by Gasteiger charge is -2.43. The van der Waals surface area contributed by atoms with Gasteiger partial charge in [0.2, 0.25) is 0 Å². The Balaban J connectivity index is 2.19. The second-order valence-corrected chi connectivity index (χ2v) is 7.18. The van der Waals surface area contributed by atoms with Gasteiger partial charge in [0.25, 0.3) is 0 Å². The molecule has 0 aromatic carbocycles. The van der Waals surface area contributed by atoms with Gasteiger partial charge in [-0.15, -0.1) is 0 Å². The molecule has 0 saturated heterocycles. The van der Waals surface area contributed by atoms with Crippen molar-refractivity contribution in [1.82, 2.24) is 0 Å². The highest BCUT2D eigenvalue weighted by atomic mass is 127. The standard InChI is InChI=1S/C13H22I2O2/c1-4-13(17-15)10-6-5-9(7-10)11(13)8-12(2,3)16-14/h9-11H,4-8H2,1-3H3. The Morgan fingerprint density at radius 1 is 1.29 bits per heavy atom. The Hall–Kier alpha value is 1.38. The van der Waals surface area contributed by atoms with Crippen LogP contribution in [0.3, 0.4) is 0 Å². The first-order valence-electron chi connectivity index (χ1n) is 6.58. The van der Waals surface area contributed by atoms with Gasteiger partial charge in [0.1, 0.15) is 46.0 Å². The molecule has 2 rings (SSSR count). The number of halogens is 2. The van der Waals surface area contributed by atoms with Gasteiger partial charge in [0.05, 0.1) is 11.2 Å². The molecule has 4 unspecified atom stereocenters. The minimum atomic E-state index is -0.0364. The Morgan fingerprint density at radius 2 is 2.00 bits per heavy atom. The van der Waals surface area contributed by atoms with Gasteiger partial charge < -0.3 is 6.13 Å². The van der Waals surface area contributed by atoms with E-state index in [4.69, 9.17) is 6.13 Å². The summed E-state index contributed by atoms with van der Waals surface area (Å²) in [5.41, 5.74) is 0.0845. The van der Waals surface area contributed by atoms with Crippen LogP contribution < -0.4 is 0 Å². The molecule has 2 fully saturated rings. The molecule has 0 amide bonds. The first-order chi connectivity index (χ1) is 7.99. The maximum absolute atomic E-state index is 6.00. The lowest BCUT2D eigenvalue weighted by molar-refractivity contribution is -0.0316. The summed E-state index contributed by atoms with van der Waals surface area (Å²) >= 11 is 4.18. The van der Waals surface area contributed by atoms with Gasteiger partial charge in [-0.25, -0.2) is 0 Å². The number of fused-ring (bicyclic) bond motifs is 2. The van der Waals surface area contributed by atoms with Crippen LogP contribution in [0.5, 0.6) is 0 Å². The third-order valence-electron chi connectivity index (χ3n) is 4.98. The lowest BCUT2D eigenvalue weighted by Crippen LogP contribution is -2.46. The van der Waals surface area contributed by atoms with E-state index in [0.29, 0.717) is 5.92 Å². The van der Waals surface area contributed by atoms with E-state index in [9.17, 15) is 0 Å². The molecule has 2 bridgehead atoms. The maximum Gasteiger partial charge on any atom is 0.110 e. The van der Waals surface area contributed by atoms with Crippen molar-refractivity contribution in [3.05, 3.63) is 0 Å². The molecule has 4 heteroatoms. The number of hydrogen-bond donors (Lipinski definition) is 0. The van der Waals surface area contributed by atoms with Gasteiger partial charge in [0.15, 0.2) is 0 Å². The molecule has 0 radical (unpaired) electrons. The van der Waals surface area contributed by atoms with Gasteiger partial charge in [-0.1, -0.05) is 6.92 Å². The van der Waals surface area contributed by atoms with Gasteiger partial charge in [-0.05, 0) is 63.7 Å². The molecule has 2 saturated carbocycles. The van der Waals surface area contributed by atoms with E-state index in [2.05, 4.69) is 43.8 Å². The van der Waals surface area contributed by atoms with Crippen molar-refractivity contribution in [2.45, 2.75) is 64.1 Å². The SMILES string of the molecule is CCC1(OI)C2CCC(C2)C1CC(C)(C)OI. The van der Waals surface area contributed by atoms with Crippen LogP contribution >= 0.6 is 46.0 Å². The molecule has 0 heterocycles. The van der Waals surface area contributed by atoms with Crippen LogP contribution in [-0.4, -0.2) is 11.2 Å². The zero-order chi connectivity index (χ0) is 12.7. The highest BCUT2D eigenvalue weighted by Gasteiger charge is 2.58. The van der Waals surface area contributed by atoms with E-state index in [1.54, 1.807) is 0 Å². The predicted molar refractivity (Wildman–Crippen MR) is 86.2 cm³/mol. The molecule has 100 valence electrons. The second-order valence-electron chi connectivity index (χ2n) is 6.30. The molecule has 0 aromatic heterocycles. The van der Waals surface area contributed by atoms with Crippen LogP contribution in [0.25, 0.3) is 0 Å². The molecular formula is C13H22I2O2. The molecule has 2 aliphatic rings. The average Bonchev–Trinajstić information content (AvgIpc) is 2.89. The predicted octanol–water partition coefficient (Wildman–Crippen LogP) is 5.08. The van der Waals surface area contributed by atoms with Gasteiger partial charge in [-0.3, -0.25) is 0 Å². The topological polar surface area (TPSA) is 18.5 Å². The summed E-state index contributed by atoms with van der Waals surface area (Å²) in [6, 6.07) is 0. The Kier molecular flexibility index (Phi) is 4.70. The van der Waals surface area contributed by atoms with E-state index in [1.807, 2.05) is 23.0 Å². The van der Waals surface area contributed by atoms with Crippen LogP contribution in [-0.2, 0) is 6.13 Å². The van der Waals surface area contributed by atoms with Crippen LogP contribution in [0.2, 0.25) is 0 Å². The summed E-state index contributed by atoms with van der Waals surface area (Å²) in [6.45, 7) is 6.67. The normalized spacial score (nSPS) is 41.1. The van der Waals surface area contributed by atoms with Crippen molar-refractivity contribution in [2.24, 2.45) is 17.8 Å². The van der Waals surface area contributed by atoms with E-state index in [-0.39, 0.29) is 11.2 Å². The smallest absolute Gasteiger partial charge is 0.110 e. The maximum atomic E-state index is 6.00. The van der Waals surface area contributed by atoms with Crippen molar-refractivity contribution in [2.75, 3.05) is 0 Å². The van der Waals surface area contributed by atoms with Crippen molar-refractivity contribution in [3.8, 4) is 0 Å². The zero-order valence-electron chi connectivity index (χ0n) is 10.8. The summed E-state index contributed by atoms with van der Waals surface area (Å²) in [5.74, 6) is 2.32. The monoisotopic (exact) mass is 464 g/mol. The summed E-state index contributed by atoms with van der Waals surface area (Å²) in [5, 5.41) is 0. The molecule has 2 aliphatic carbocycles. The van der Waals surface area contributed by atoms with Crippen molar-refractivity contribution >= 4 is 46.0 Å². The summed E-state index contributed by atoms with van der Waals surface area (Å²) in [7, 11) is 0. The Bertz CT molecular complexity index is 277. The van der Waals surface area contributed by atoms with Crippen molar-refractivity contribution < 1.29 is 6.13 Å². The van der Waals surface area contributed by atoms with Crippen LogP contribution in [0.4, 0.5) is 0 Å². The Morgan fingerprint density at radius 3 is 2.53 bits per heavy atom. The molecule has 0 aliphatic heterocycles. The van der Waals surface area contributed by atoms with Crippen molar-refractivity contribution in [3.63, 3.8) is 0 Å². The first kappa shape index (κ1) is 14.8. The zero-order valence-corrected chi connectivity index (χ0v) is 15.2. The Labute approximate surface area is 133 Å². The fraction of sp³-hybridized carbons (Fsp3) is 1.00. The van der Waals surface area contributed by atoms with Gasteiger partial charge >= 0.3 is 0 Å². The van der Waals surface area contributed by atoms with Gasteiger partial charge in [-0.2, -0.15) is 0 Å². The average molecular weight is 464 g/mol. The highest BCUT2D eigenvalue weighted by molar-refractivity contribution is 14.1. The fourth-order valence-electron chi connectivity index (χ4n) is 4.15. The first-order valence-corrected chi connectivity index (χ1v) is 8.34. The summed E-state index contributed by atoms with van der Waals surface area (Å²) < 4.78 is 11.6. The van der Waals surface area contributed by atoms with E-state index in [0.717, 1.165) is 24.7 Å². The van der Waals surface area contributed by atoms with E-state index < -0.39 is 0 Å². The largest absolute Gasteiger partial charge is 0.310 e. The molecule has 0 N–H and O–H groups in total. The molecule has 2 nitrogen and oxygen atoms in total. The van der Waals surface area contributed by atoms with E-state index >= 15 is 0 Å². The van der Waals surface area contributed by atoms with E-state index in [1.165, 1.54) is 19.3 Å². The minimum Gasteiger partial charge on any atom is -0.310 e. The van der Waals surface area contributed by atoms with Gasteiger partial charge in [0, 0.05) is 0 Å².